The summed E-state index contributed by atoms with van der Waals surface area (Å²) >= 11 is 5.84. The smallest absolute Gasteiger partial charge is 0.191 e. The standard InChI is InChI=1S/C20H25ClFN3O3S.HI/c1-3-23-20(24-10-11-28-19-8-5-17(21)6-9-19)25-13-16-12-18(22)7-4-15(16)14-29(2,26)27;/h4-9,12H,3,10-11,13-14H2,1-2H3,(H2,23,24,25);1H. The molecule has 0 heterocycles. The summed E-state index contributed by atoms with van der Waals surface area (Å²) in [5, 5.41) is 6.87. The van der Waals surface area contributed by atoms with Gasteiger partial charge in [0.25, 0.3) is 0 Å². The summed E-state index contributed by atoms with van der Waals surface area (Å²) in [6.45, 7) is 3.62. The minimum Gasteiger partial charge on any atom is -0.492 e. The van der Waals surface area contributed by atoms with E-state index in [0.717, 1.165) is 6.26 Å². The van der Waals surface area contributed by atoms with Gasteiger partial charge in [-0.3, -0.25) is 0 Å². The van der Waals surface area contributed by atoms with Crippen LogP contribution in [-0.4, -0.2) is 40.3 Å². The highest BCUT2D eigenvalue weighted by atomic mass is 127. The molecule has 0 fully saturated rings. The van der Waals surface area contributed by atoms with Crippen molar-refractivity contribution in [3.8, 4) is 5.75 Å². The number of benzene rings is 2. The predicted molar refractivity (Wildman–Crippen MR) is 130 cm³/mol. The van der Waals surface area contributed by atoms with E-state index in [1.165, 1.54) is 18.2 Å². The van der Waals surface area contributed by atoms with Crippen molar-refractivity contribution in [1.82, 2.24) is 10.6 Å². The molecule has 0 atom stereocenters. The summed E-state index contributed by atoms with van der Waals surface area (Å²) in [4.78, 5) is 4.43. The zero-order valence-electron chi connectivity index (χ0n) is 16.8. The second-order valence-corrected chi connectivity index (χ2v) is 8.98. The molecule has 2 aromatic rings. The van der Waals surface area contributed by atoms with Gasteiger partial charge in [-0.05, 0) is 54.4 Å². The van der Waals surface area contributed by atoms with Crippen LogP contribution in [0.5, 0.6) is 5.75 Å². The van der Waals surface area contributed by atoms with Crippen molar-refractivity contribution >= 4 is 51.4 Å². The van der Waals surface area contributed by atoms with E-state index < -0.39 is 15.7 Å². The van der Waals surface area contributed by atoms with Gasteiger partial charge >= 0.3 is 0 Å². The Balaban J connectivity index is 0.00000450. The van der Waals surface area contributed by atoms with E-state index >= 15 is 0 Å². The van der Waals surface area contributed by atoms with Crippen LogP contribution in [0.25, 0.3) is 0 Å². The predicted octanol–water partition coefficient (Wildman–Crippen LogP) is 3.78. The first kappa shape index (κ1) is 26.4. The van der Waals surface area contributed by atoms with Crippen molar-refractivity contribution in [3.63, 3.8) is 0 Å². The quantitative estimate of drug-likeness (QED) is 0.208. The van der Waals surface area contributed by atoms with E-state index in [4.69, 9.17) is 16.3 Å². The van der Waals surface area contributed by atoms with Crippen molar-refractivity contribution in [1.29, 1.82) is 0 Å². The second-order valence-electron chi connectivity index (χ2n) is 6.41. The van der Waals surface area contributed by atoms with Gasteiger partial charge in [-0.25, -0.2) is 17.8 Å². The fraction of sp³-hybridized carbons (Fsp3) is 0.350. The number of guanidine groups is 1. The van der Waals surface area contributed by atoms with Crippen molar-refractivity contribution in [2.75, 3.05) is 26.0 Å². The van der Waals surface area contributed by atoms with Crippen LogP contribution in [0.4, 0.5) is 4.39 Å². The van der Waals surface area contributed by atoms with Gasteiger partial charge in [-0.15, -0.1) is 24.0 Å². The molecule has 10 heteroatoms. The van der Waals surface area contributed by atoms with Crippen LogP contribution in [0.1, 0.15) is 18.1 Å². The zero-order chi connectivity index (χ0) is 21.3. The molecule has 166 valence electrons. The van der Waals surface area contributed by atoms with Crippen molar-refractivity contribution in [2.45, 2.75) is 19.2 Å². The van der Waals surface area contributed by atoms with Gasteiger partial charge < -0.3 is 15.4 Å². The number of sulfone groups is 1. The first-order valence-corrected chi connectivity index (χ1v) is 11.6. The van der Waals surface area contributed by atoms with E-state index in [1.54, 1.807) is 24.3 Å². The molecule has 0 amide bonds. The second kappa shape index (κ2) is 13.0. The number of ether oxygens (including phenoxy) is 1. The molecule has 6 nitrogen and oxygen atoms in total. The summed E-state index contributed by atoms with van der Waals surface area (Å²) in [6.07, 6.45) is 1.15. The Morgan fingerprint density at radius 3 is 2.47 bits per heavy atom. The molecule has 0 aliphatic rings. The Kier molecular flexibility index (Phi) is 11.4. The van der Waals surface area contributed by atoms with Gasteiger partial charge in [0, 0.05) is 17.8 Å². The van der Waals surface area contributed by atoms with Crippen LogP contribution in [0.15, 0.2) is 47.5 Å². The molecular weight excluding hydrogens is 544 g/mol. The number of nitrogens with zero attached hydrogens (tertiary/aromatic N) is 1. The van der Waals surface area contributed by atoms with Gasteiger partial charge in [0.2, 0.25) is 0 Å². The third kappa shape index (κ3) is 9.94. The third-order valence-electron chi connectivity index (χ3n) is 3.81. The number of rotatable bonds is 9. The number of aliphatic imine (C=N–C) groups is 1. The van der Waals surface area contributed by atoms with E-state index in [2.05, 4.69) is 15.6 Å². The van der Waals surface area contributed by atoms with Crippen LogP contribution < -0.4 is 15.4 Å². The highest BCUT2D eigenvalue weighted by Crippen LogP contribution is 2.16. The minimum atomic E-state index is -3.23. The summed E-state index contributed by atoms with van der Waals surface area (Å²) in [7, 11) is -3.23. The lowest BCUT2D eigenvalue weighted by Gasteiger charge is -2.13. The summed E-state index contributed by atoms with van der Waals surface area (Å²) in [5.74, 6) is 0.656. The fourth-order valence-corrected chi connectivity index (χ4v) is 3.51. The molecule has 0 aliphatic carbocycles. The van der Waals surface area contributed by atoms with Crippen LogP contribution in [0, 0.1) is 5.82 Å². The van der Waals surface area contributed by atoms with E-state index in [0.29, 0.717) is 47.6 Å². The maximum absolute atomic E-state index is 13.6. The molecule has 0 spiro atoms. The normalized spacial score (nSPS) is 11.5. The number of halogens is 3. The van der Waals surface area contributed by atoms with Crippen molar-refractivity contribution < 1.29 is 17.5 Å². The Labute approximate surface area is 199 Å². The molecule has 0 saturated heterocycles. The Bertz CT molecular complexity index is 941. The number of hydrogen-bond donors (Lipinski definition) is 2. The lowest BCUT2D eigenvalue weighted by Crippen LogP contribution is -2.39. The van der Waals surface area contributed by atoms with Crippen LogP contribution in [0.2, 0.25) is 5.02 Å². The molecule has 0 radical (unpaired) electrons. The molecule has 0 unspecified atom stereocenters. The van der Waals surface area contributed by atoms with Crippen LogP contribution in [-0.2, 0) is 22.1 Å². The number of nitrogens with one attached hydrogen (secondary N) is 2. The molecule has 0 aliphatic heterocycles. The first-order chi connectivity index (χ1) is 13.8. The lowest BCUT2D eigenvalue weighted by molar-refractivity contribution is 0.322. The summed E-state index contributed by atoms with van der Waals surface area (Å²) < 4.78 is 42.5. The molecule has 2 N–H and O–H groups in total. The monoisotopic (exact) mass is 569 g/mol. The van der Waals surface area contributed by atoms with Gasteiger partial charge in [-0.2, -0.15) is 0 Å². The molecule has 30 heavy (non-hydrogen) atoms. The highest BCUT2D eigenvalue weighted by Gasteiger charge is 2.10. The highest BCUT2D eigenvalue weighted by molar-refractivity contribution is 14.0. The summed E-state index contributed by atoms with van der Waals surface area (Å²) in [6, 6.07) is 11.1. The number of hydrogen-bond acceptors (Lipinski definition) is 4. The van der Waals surface area contributed by atoms with Crippen molar-refractivity contribution in [2.24, 2.45) is 4.99 Å². The van der Waals surface area contributed by atoms with Gasteiger partial charge in [-0.1, -0.05) is 17.7 Å². The largest absolute Gasteiger partial charge is 0.492 e. The lowest BCUT2D eigenvalue weighted by atomic mass is 10.1. The first-order valence-electron chi connectivity index (χ1n) is 9.12. The van der Waals surface area contributed by atoms with Crippen LogP contribution >= 0.6 is 35.6 Å². The molecule has 2 aromatic carbocycles. The van der Waals surface area contributed by atoms with Gasteiger partial charge in [0.1, 0.15) is 18.2 Å². The summed E-state index contributed by atoms with van der Waals surface area (Å²) in [5.41, 5.74) is 1.07. The van der Waals surface area contributed by atoms with E-state index in [1.807, 2.05) is 6.92 Å². The fourth-order valence-electron chi connectivity index (χ4n) is 2.54. The maximum Gasteiger partial charge on any atom is 0.191 e. The molecule has 2 rings (SSSR count). The Hall–Kier alpha value is -1.59. The Morgan fingerprint density at radius 1 is 1.13 bits per heavy atom. The molecular formula is C20H26ClFIN3O3S. The maximum atomic E-state index is 13.6. The average molecular weight is 570 g/mol. The third-order valence-corrected chi connectivity index (χ3v) is 4.90. The average Bonchev–Trinajstić information content (AvgIpc) is 2.65. The topological polar surface area (TPSA) is 79.8 Å². The molecule has 0 aromatic heterocycles. The van der Waals surface area contributed by atoms with E-state index in [9.17, 15) is 12.8 Å². The van der Waals surface area contributed by atoms with Gasteiger partial charge in [0.15, 0.2) is 15.8 Å². The Morgan fingerprint density at radius 2 is 1.83 bits per heavy atom. The SMILES string of the molecule is CCNC(=NCc1cc(F)ccc1CS(C)(=O)=O)NCCOc1ccc(Cl)cc1.I. The minimum absolute atomic E-state index is 0. The van der Waals surface area contributed by atoms with Crippen LogP contribution in [0.3, 0.4) is 0 Å². The van der Waals surface area contributed by atoms with E-state index in [-0.39, 0.29) is 36.3 Å². The zero-order valence-corrected chi connectivity index (χ0v) is 20.7. The van der Waals surface area contributed by atoms with Gasteiger partial charge in [0.05, 0.1) is 18.8 Å². The molecule has 0 saturated carbocycles. The van der Waals surface area contributed by atoms with Crippen molar-refractivity contribution in [3.05, 3.63) is 64.4 Å². The molecule has 0 bridgehead atoms.